The first kappa shape index (κ1) is 21.3. The van der Waals surface area contributed by atoms with Gasteiger partial charge < -0.3 is 4.74 Å². The molecule has 0 aliphatic carbocycles. The third-order valence-corrected chi connectivity index (χ3v) is 4.47. The van der Waals surface area contributed by atoms with Crippen LogP contribution in [0.1, 0.15) is 30.0 Å². The minimum atomic E-state index is -3.91. The van der Waals surface area contributed by atoms with E-state index in [9.17, 15) is 22.0 Å². The molecular weight excluding hydrogens is 401 g/mol. The molecule has 0 saturated carbocycles. The standard InChI is InChI=1S/C23H16F5NO/c1-2-3-14-4-9-19(22(26)10-14)23(27,28)30-17-7-5-15(6-8-17)16-11-20(24)18(13-29)21(25)12-16/h4-12H,2-3H2,1H3. The number of rotatable bonds is 6. The maximum Gasteiger partial charge on any atom is 0.429 e. The molecule has 154 valence electrons. The average molecular weight is 417 g/mol. The second-order valence-electron chi connectivity index (χ2n) is 6.63. The molecule has 0 aromatic heterocycles. The predicted molar refractivity (Wildman–Crippen MR) is 101 cm³/mol. The van der Waals surface area contributed by atoms with Crippen LogP contribution in [0.2, 0.25) is 0 Å². The number of halogens is 5. The summed E-state index contributed by atoms with van der Waals surface area (Å²) in [7, 11) is 0. The lowest BCUT2D eigenvalue weighted by Crippen LogP contribution is -2.23. The number of aryl methyl sites for hydroxylation is 1. The molecule has 0 atom stereocenters. The van der Waals surface area contributed by atoms with Crippen molar-refractivity contribution in [2.24, 2.45) is 0 Å². The second kappa shape index (κ2) is 8.54. The number of hydrogen-bond donors (Lipinski definition) is 0. The van der Waals surface area contributed by atoms with Crippen LogP contribution in [-0.2, 0) is 12.5 Å². The summed E-state index contributed by atoms with van der Waals surface area (Å²) >= 11 is 0. The van der Waals surface area contributed by atoms with Gasteiger partial charge in [0.2, 0.25) is 0 Å². The summed E-state index contributed by atoms with van der Waals surface area (Å²) in [5, 5.41) is 8.72. The highest BCUT2D eigenvalue weighted by atomic mass is 19.3. The van der Waals surface area contributed by atoms with Crippen molar-refractivity contribution < 1.29 is 26.7 Å². The third-order valence-electron chi connectivity index (χ3n) is 4.47. The highest BCUT2D eigenvalue weighted by Crippen LogP contribution is 2.34. The van der Waals surface area contributed by atoms with E-state index in [2.05, 4.69) is 4.74 Å². The van der Waals surface area contributed by atoms with Crippen molar-refractivity contribution in [1.29, 1.82) is 5.26 Å². The van der Waals surface area contributed by atoms with Gasteiger partial charge in [-0.25, -0.2) is 13.2 Å². The molecule has 0 amide bonds. The molecule has 0 saturated heterocycles. The summed E-state index contributed by atoms with van der Waals surface area (Å²) in [5.41, 5.74) is -0.531. The lowest BCUT2D eigenvalue weighted by Gasteiger charge is -2.19. The lowest BCUT2D eigenvalue weighted by molar-refractivity contribution is -0.187. The summed E-state index contributed by atoms with van der Waals surface area (Å²) in [4.78, 5) is 0. The molecule has 0 radical (unpaired) electrons. The van der Waals surface area contributed by atoms with Gasteiger partial charge in [0.1, 0.15) is 34.8 Å². The number of ether oxygens (including phenoxy) is 1. The SMILES string of the molecule is CCCc1ccc(C(F)(F)Oc2ccc(-c3cc(F)c(C#N)c(F)c3)cc2)c(F)c1. The van der Waals surface area contributed by atoms with Gasteiger partial charge in [0.15, 0.2) is 0 Å². The quantitative estimate of drug-likeness (QED) is 0.417. The minimum Gasteiger partial charge on any atom is -0.429 e. The fourth-order valence-corrected chi connectivity index (χ4v) is 3.00. The Balaban J connectivity index is 1.83. The van der Waals surface area contributed by atoms with Crippen molar-refractivity contribution in [3.8, 4) is 22.9 Å². The molecule has 0 unspecified atom stereocenters. The zero-order valence-corrected chi connectivity index (χ0v) is 15.9. The summed E-state index contributed by atoms with van der Waals surface area (Å²) in [6.45, 7) is 1.90. The first-order chi connectivity index (χ1) is 14.2. The number of nitriles is 1. The highest BCUT2D eigenvalue weighted by Gasteiger charge is 2.37. The number of benzene rings is 3. The number of nitrogens with zero attached hydrogens (tertiary/aromatic N) is 1. The van der Waals surface area contributed by atoms with Crippen molar-refractivity contribution >= 4 is 0 Å². The fourth-order valence-electron chi connectivity index (χ4n) is 3.00. The summed E-state index contributed by atoms with van der Waals surface area (Å²) in [5.74, 6) is -3.37. The molecule has 0 aliphatic heterocycles. The van der Waals surface area contributed by atoms with Crippen LogP contribution < -0.4 is 4.74 Å². The molecule has 0 aliphatic rings. The Morgan fingerprint density at radius 1 is 0.867 bits per heavy atom. The van der Waals surface area contributed by atoms with Crippen LogP contribution in [0.15, 0.2) is 54.6 Å². The lowest BCUT2D eigenvalue weighted by atomic mass is 10.0. The molecular formula is C23H16F5NO. The van der Waals surface area contributed by atoms with E-state index in [0.29, 0.717) is 17.5 Å². The Kier molecular flexibility index (Phi) is 6.06. The number of alkyl halides is 2. The molecule has 30 heavy (non-hydrogen) atoms. The Labute approximate surface area is 170 Å². The van der Waals surface area contributed by atoms with Crippen LogP contribution in [-0.4, -0.2) is 0 Å². The van der Waals surface area contributed by atoms with E-state index in [4.69, 9.17) is 5.26 Å². The summed E-state index contributed by atoms with van der Waals surface area (Å²) in [6.07, 6.45) is -2.59. The van der Waals surface area contributed by atoms with Gasteiger partial charge in [-0.2, -0.15) is 14.0 Å². The van der Waals surface area contributed by atoms with E-state index in [1.807, 2.05) is 6.92 Å². The molecule has 0 bridgehead atoms. The van der Waals surface area contributed by atoms with E-state index in [-0.39, 0.29) is 11.3 Å². The van der Waals surface area contributed by atoms with E-state index in [0.717, 1.165) is 30.7 Å². The summed E-state index contributed by atoms with van der Waals surface area (Å²) in [6, 6.07) is 11.9. The second-order valence-corrected chi connectivity index (χ2v) is 6.63. The molecule has 0 heterocycles. The van der Waals surface area contributed by atoms with Crippen LogP contribution in [0.4, 0.5) is 22.0 Å². The van der Waals surface area contributed by atoms with Crippen LogP contribution in [0.3, 0.4) is 0 Å². The predicted octanol–water partition coefficient (Wildman–Crippen LogP) is 6.72. The van der Waals surface area contributed by atoms with Crippen molar-refractivity contribution in [3.05, 3.63) is 88.7 Å². The monoisotopic (exact) mass is 417 g/mol. The highest BCUT2D eigenvalue weighted by molar-refractivity contribution is 5.65. The van der Waals surface area contributed by atoms with Crippen molar-refractivity contribution in [3.63, 3.8) is 0 Å². The van der Waals surface area contributed by atoms with Gasteiger partial charge in [0.25, 0.3) is 0 Å². The van der Waals surface area contributed by atoms with Crippen molar-refractivity contribution in [2.45, 2.75) is 25.9 Å². The van der Waals surface area contributed by atoms with Gasteiger partial charge >= 0.3 is 6.11 Å². The summed E-state index contributed by atoms with van der Waals surface area (Å²) < 4.78 is 75.3. The number of hydrogen-bond acceptors (Lipinski definition) is 2. The van der Waals surface area contributed by atoms with Crippen LogP contribution in [0, 0.1) is 28.8 Å². The topological polar surface area (TPSA) is 33.0 Å². The molecule has 2 nitrogen and oxygen atoms in total. The maximum absolute atomic E-state index is 14.4. The zero-order valence-electron chi connectivity index (χ0n) is 15.9. The zero-order chi connectivity index (χ0) is 21.9. The first-order valence-electron chi connectivity index (χ1n) is 9.10. The van der Waals surface area contributed by atoms with Crippen molar-refractivity contribution in [2.75, 3.05) is 0 Å². The van der Waals surface area contributed by atoms with Crippen molar-refractivity contribution in [1.82, 2.24) is 0 Å². The molecule has 3 aromatic rings. The van der Waals surface area contributed by atoms with Crippen LogP contribution in [0.25, 0.3) is 11.1 Å². The van der Waals surface area contributed by atoms with Crippen LogP contribution >= 0.6 is 0 Å². The van der Waals surface area contributed by atoms with Gasteiger partial charge in [-0.05, 0) is 59.5 Å². The molecule has 3 rings (SSSR count). The minimum absolute atomic E-state index is 0.125. The average Bonchev–Trinajstić information content (AvgIpc) is 2.68. The smallest absolute Gasteiger partial charge is 0.429 e. The van der Waals surface area contributed by atoms with E-state index < -0.39 is 34.7 Å². The van der Waals surface area contributed by atoms with Gasteiger partial charge in [-0.1, -0.05) is 31.5 Å². The Bertz CT molecular complexity index is 1080. The molecule has 0 N–H and O–H groups in total. The van der Waals surface area contributed by atoms with Gasteiger partial charge in [0.05, 0.1) is 5.56 Å². The molecule has 3 aromatic carbocycles. The maximum atomic E-state index is 14.4. The Morgan fingerprint density at radius 3 is 2.03 bits per heavy atom. The van der Waals surface area contributed by atoms with Crippen LogP contribution in [0.5, 0.6) is 5.75 Å². The Morgan fingerprint density at radius 2 is 1.50 bits per heavy atom. The molecule has 0 spiro atoms. The first-order valence-corrected chi connectivity index (χ1v) is 9.10. The Hall–Kier alpha value is -3.40. The molecule has 7 heteroatoms. The normalized spacial score (nSPS) is 11.2. The van der Waals surface area contributed by atoms with Gasteiger partial charge in [-0.15, -0.1) is 0 Å². The van der Waals surface area contributed by atoms with Gasteiger partial charge in [0, 0.05) is 0 Å². The third kappa shape index (κ3) is 4.43. The fraction of sp³-hybridized carbons (Fsp3) is 0.174. The molecule has 0 fully saturated rings. The van der Waals surface area contributed by atoms with E-state index in [1.54, 1.807) is 0 Å². The largest absolute Gasteiger partial charge is 0.429 e. The van der Waals surface area contributed by atoms with Gasteiger partial charge in [-0.3, -0.25) is 0 Å². The van der Waals surface area contributed by atoms with E-state index >= 15 is 0 Å². The van der Waals surface area contributed by atoms with E-state index in [1.165, 1.54) is 36.4 Å².